The molecule has 0 radical (unpaired) electrons. The Hall–Kier alpha value is -2.55. The molecule has 0 saturated carbocycles. The van der Waals surface area contributed by atoms with E-state index in [1.54, 1.807) is 12.1 Å². The quantitative estimate of drug-likeness (QED) is 0.639. The van der Waals surface area contributed by atoms with Crippen molar-refractivity contribution in [3.8, 4) is 5.75 Å². The molecule has 0 unspecified atom stereocenters. The Balaban J connectivity index is 2.50. The summed E-state index contributed by atoms with van der Waals surface area (Å²) in [6.07, 6.45) is 0. The third-order valence-electron chi connectivity index (χ3n) is 3.08. The second-order valence-electron chi connectivity index (χ2n) is 4.19. The van der Waals surface area contributed by atoms with Crippen LogP contribution >= 0.6 is 0 Å². The van der Waals surface area contributed by atoms with Gasteiger partial charge in [-0.2, -0.15) is 0 Å². The van der Waals surface area contributed by atoms with E-state index in [0.29, 0.717) is 5.39 Å². The lowest BCUT2D eigenvalue weighted by atomic mass is 9.99. The molecule has 0 saturated heterocycles. The van der Waals surface area contributed by atoms with Crippen molar-refractivity contribution in [2.24, 2.45) is 0 Å². The third kappa shape index (κ3) is 1.49. The predicted octanol–water partition coefficient (Wildman–Crippen LogP) is 3.40. The Kier molecular flexibility index (Phi) is 2.20. The summed E-state index contributed by atoms with van der Waals surface area (Å²) < 4.78 is 0. The molecule has 0 fully saturated rings. The molecule has 0 bridgehead atoms. The average molecular weight is 238 g/mol. The predicted molar refractivity (Wildman–Crippen MR) is 70.1 cm³/mol. The molecular weight excluding hydrogens is 228 g/mol. The van der Waals surface area contributed by atoms with E-state index in [4.69, 9.17) is 0 Å². The number of hydrogen-bond acceptors (Lipinski definition) is 2. The highest BCUT2D eigenvalue weighted by Gasteiger charge is 2.14. The lowest BCUT2D eigenvalue weighted by Crippen LogP contribution is -1.98. The fraction of sp³-hybridized carbons (Fsp3) is 0. The van der Waals surface area contributed by atoms with E-state index in [2.05, 4.69) is 0 Å². The molecule has 0 spiro atoms. The number of aromatic carboxylic acids is 1. The van der Waals surface area contributed by atoms with E-state index in [0.717, 1.165) is 16.2 Å². The second kappa shape index (κ2) is 3.74. The normalized spacial score (nSPS) is 10.9. The Morgan fingerprint density at radius 1 is 0.889 bits per heavy atom. The summed E-state index contributed by atoms with van der Waals surface area (Å²) in [5.74, 6) is -1.32. The molecule has 2 N–H and O–H groups in total. The fourth-order valence-electron chi connectivity index (χ4n) is 2.23. The molecule has 3 aromatic carbocycles. The third-order valence-corrected chi connectivity index (χ3v) is 3.08. The molecule has 3 nitrogen and oxygen atoms in total. The van der Waals surface area contributed by atoms with Gasteiger partial charge in [0.2, 0.25) is 0 Å². The van der Waals surface area contributed by atoms with Crippen molar-refractivity contribution in [3.05, 3.63) is 54.1 Å². The highest BCUT2D eigenvalue weighted by atomic mass is 16.4. The van der Waals surface area contributed by atoms with Gasteiger partial charge >= 0.3 is 5.97 Å². The van der Waals surface area contributed by atoms with Gasteiger partial charge in [0.1, 0.15) is 11.3 Å². The van der Waals surface area contributed by atoms with Gasteiger partial charge in [0, 0.05) is 5.39 Å². The van der Waals surface area contributed by atoms with Crippen LogP contribution in [-0.2, 0) is 0 Å². The van der Waals surface area contributed by atoms with Crippen molar-refractivity contribution in [3.63, 3.8) is 0 Å². The van der Waals surface area contributed by atoms with Crippen molar-refractivity contribution in [2.45, 2.75) is 0 Å². The molecule has 0 aliphatic rings. The number of benzene rings is 3. The van der Waals surface area contributed by atoms with Crippen LogP contribution in [0.1, 0.15) is 10.4 Å². The van der Waals surface area contributed by atoms with Gasteiger partial charge in [0.05, 0.1) is 0 Å². The summed E-state index contributed by atoms with van der Waals surface area (Å²) in [7, 11) is 0. The van der Waals surface area contributed by atoms with E-state index in [1.165, 1.54) is 6.07 Å². The number of carboxylic acids is 1. The van der Waals surface area contributed by atoms with Crippen LogP contribution in [0.25, 0.3) is 21.5 Å². The minimum absolute atomic E-state index is 0.0433. The van der Waals surface area contributed by atoms with Crippen LogP contribution in [0.3, 0.4) is 0 Å². The maximum Gasteiger partial charge on any atom is 0.340 e. The number of phenols is 1. The molecule has 0 aliphatic carbocycles. The zero-order valence-corrected chi connectivity index (χ0v) is 9.42. The molecular formula is C15H10O3. The summed E-state index contributed by atoms with van der Waals surface area (Å²) in [6, 6.07) is 14.6. The van der Waals surface area contributed by atoms with Gasteiger partial charge in [-0.05, 0) is 34.4 Å². The van der Waals surface area contributed by atoms with E-state index >= 15 is 0 Å². The standard InChI is InChI=1S/C15H10O3/c16-13-6-5-11-7-9-3-1-2-4-10(9)8-12(11)14(13)15(17)18/h1-8,16H,(H,17,18). The smallest absolute Gasteiger partial charge is 0.340 e. The van der Waals surface area contributed by atoms with Gasteiger partial charge in [-0.25, -0.2) is 4.79 Å². The maximum atomic E-state index is 11.2. The van der Waals surface area contributed by atoms with Crippen LogP contribution in [0.5, 0.6) is 5.75 Å². The first-order valence-electron chi connectivity index (χ1n) is 5.54. The Morgan fingerprint density at radius 3 is 2.22 bits per heavy atom. The molecule has 88 valence electrons. The fourth-order valence-corrected chi connectivity index (χ4v) is 2.23. The van der Waals surface area contributed by atoms with Crippen molar-refractivity contribution < 1.29 is 15.0 Å². The van der Waals surface area contributed by atoms with E-state index in [1.807, 2.05) is 30.3 Å². The summed E-state index contributed by atoms with van der Waals surface area (Å²) in [5.41, 5.74) is -0.0433. The second-order valence-corrected chi connectivity index (χ2v) is 4.19. The maximum absolute atomic E-state index is 11.2. The van der Waals surface area contributed by atoms with Crippen molar-refractivity contribution in [2.75, 3.05) is 0 Å². The van der Waals surface area contributed by atoms with Crippen LogP contribution in [0.2, 0.25) is 0 Å². The Labute approximate surface area is 103 Å². The van der Waals surface area contributed by atoms with Crippen molar-refractivity contribution >= 4 is 27.5 Å². The number of carbonyl (C=O) groups is 1. The molecule has 18 heavy (non-hydrogen) atoms. The summed E-state index contributed by atoms with van der Waals surface area (Å²) in [4.78, 5) is 11.2. The van der Waals surface area contributed by atoms with Crippen LogP contribution in [0, 0.1) is 0 Å². The summed E-state index contributed by atoms with van der Waals surface area (Å²) in [5, 5.41) is 22.2. The zero-order chi connectivity index (χ0) is 12.7. The monoisotopic (exact) mass is 238 g/mol. The largest absolute Gasteiger partial charge is 0.507 e. The first-order valence-corrected chi connectivity index (χ1v) is 5.54. The topological polar surface area (TPSA) is 57.5 Å². The van der Waals surface area contributed by atoms with Gasteiger partial charge in [-0.3, -0.25) is 0 Å². The minimum atomic E-state index is -1.12. The van der Waals surface area contributed by atoms with E-state index < -0.39 is 5.97 Å². The average Bonchev–Trinajstić information content (AvgIpc) is 2.36. The van der Waals surface area contributed by atoms with Crippen LogP contribution < -0.4 is 0 Å². The summed E-state index contributed by atoms with van der Waals surface area (Å²) in [6.45, 7) is 0. The van der Waals surface area contributed by atoms with Gasteiger partial charge in [-0.15, -0.1) is 0 Å². The first-order chi connectivity index (χ1) is 8.66. The van der Waals surface area contributed by atoms with Gasteiger partial charge in [0.15, 0.2) is 0 Å². The minimum Gasteiger partial charge on any atom is -0.507 e. The zero-order valence-electron chi connectivity index (χ0n) is 9.42. The highest BCUT2D eigenvalue weighted by Crippen LogP contribution is 2.30. The van der Waals surface area contributed by atoms with Crippen LogP contribution in [0.15, 0.2) is 48.5 Å². The summed E-state index contributed by atoms with van der Waals surface area (Å²) >= 11 is 0. The van der Waals surface area contributed by atoms with Crippen molar-refractivity contribution in [1.29, 1.82) is 0 Å². The lowest BCUT2D eigenvalue weighted by Gasteiger charge is -2.07. The number of carboxylic acid groups (broad SMARTS) is 1. The van der Waals surface area contributed by atoms with E-state index in [9.17, 15) is 15.0 Å². The SMILES string of the molecule is O=C(O)c1c(O)ccc2cc3ccccc3cc12. The van der Waals surface area contributed by atoms with Gasteiger partial charge < -0.3 is 10.2 Å². The number of hydrogen-bond donors (Lipinski definition) is 2. The number of aromatic hydroxyl groups is 1. The van der Waals surface area contributed by atoms with Crippen LogP contribution in [0.4, 0.5) is 0 Å². The Morgan fingerprint density at radius 2 is 1.56 bits per heavy atom. The molecule has 0 aromatic heterocycles. The highest BCUT2D eigenvalue weighted by molar-refractivity contribution is 6.10. The molecule has 0 aliphatic heterocycles. The van der Waals surface area contributed by atoms with E-state index in [-0.39, 0.29) is 11.3 Å². The molecule has 3 heteroatoms. The van der Waals surface area contributed by atoms with Gasteiger partial charge in [0.25, 0.3) is 0 Å². The van der Waals surface area contributed by atoms with Crippen LogP contribution in [-0.4, -0.2) is 16.2 Å². The Bertz CT molecular complexity index is 775. The molecule has 3 rings (SSSR count). The number of rotatable bonds is 1. The lowest BCUT2D eigenvalue weighted by molar-refractivity contribution is 0.0696. The van der Waals surface area contributed by atoms with Gasteiger partial charge in [-0.1, -0.05) is 30.3 Å². The molecule has 0 amide bonds. The number of fused-ring (bicyclic) bond motifs is 2. The molecule has 3 aromatic rings. The molecule has 0 atom stereocenters. The molecule has 0 heterocycles. The first kappa shape index (κ1) is 10.6. The van der Waals surface area contributed by atoms with Crippen molar-refractivity contribution in [1.82, 2.24) is 0 Å².